The molecule has 1 aromatic rings. The lowest BCUT2D eigenvalue weighted by atomic mass is 9.79. The molecule has 1 aromatic carbocycles. The fraction of sp³-hybridized carbons (Fsp3) is 0.571. The van der Waals surface area contributed by atoms with E-state index in [9.17, 15) is 19.6 Å². The van der Waals surface area contributed by atoms with Crippen molar-refractivity contribution in [3.8, 4) is 0 Å². The molecule has 21 heavy (non-hydrogen) atoms. The van der Waals surface area contributed by atoms with Crippen LogP contribution in [0.25, 0.3) is 0 Å². The van der Waals surface area contributed by atoms with E-state index in [1.54, 1.807) is 0 Å². The molecule has 2 unspecified atom stereocenters. The van der Waals surface area contributed by atoms with Gasteiger partial charge in [-0.1, -0.05) is 24.4 Å². The van der Waals surface area contributed by atoms with Gasteiger partial charge in [0.1, 0.15) is 11.5 Å². The Hall–Kier alpha value is -1.40. The zero-order valence-electron chi connectivity index (χ0n) is 11.5. The molecule has 0 spiro atoms. The number of aliphatic hydroxyl groups is 1. The summed E-state index contributed by atoms with van der Waals surface area (Å²) >= 11 is 5.69. The molecular formula is C14H18ClFN2O3. The standard InChI is InChI=1S/C14H18ClFN2O3/c15-11-5-13(14(18(20)21)6-12(11)16)17-7-9-3-1-2-4-10(9)8-19/h5-6,9-10,17,19H,1-4,7-8H2. The minimum Gasteiger partial charge on any atom is -0.396 e. The summed E-state index contributed by atoms with van der Waals surface area (Å²) in [6, 6.07) is 2.07. The summed E-state index contributed by atoms with van der Waals surface area (Å²) in [5, 5.41) is 23.2. The van der Waals surface area contributed by atoms with Gasteiger partial charge in [0.25, 0.3) is 5.69 Å². The number of halogens is 2. The average molecular weight is 317 g/mol. The normalized spacial score (nSPS) is 22.0. The lowest BCUT2D eigenvalue weighted by Gasteiger charge is -2.30. The van der Waals surface area contributed by atoms with Crippen LogP contribution in [-0.4, -0.2) is 23.2 Å². The van der Waals surface area contributed by atoms with E-state index in [0.29, 0.717) is 6.54 Å². The molecule has 0 amide bonds. The molecule has 7 heteroatoms. The molecule has 0 bridgehead atoms. The second-order valence-corrected chi connectivity index (χ2v) is 5.82. The highest BCUT2D eigenvalue weighted by molar-refractivity contribution is 6.31. The molecule has 2 atom stereocenters. The molecule has 0 radical (unpaired) electrons. The van der Waals surface area contributed by atoms with E-state index in [4.69, 9.17) is 11.6 Å². The van der Waals surface area contributed by atoms with Crippen molar-refractivity contribution in [1.82, 2.24) is 0 Å². The maximum absolute atomic E-state index is 13.3. The van der Waals surface area contributed by atoms with Gasteiger partial charge < -0.3 is 10.4 Å². The van der Waals surface area contributed by atoms with Crippen LogP contribution in [0.2, 0.25) is 5.02 Å². The monoisotopic (exact) mass is 316 g/mol. The smallest absolute Gasteiger partial charge is 0.295 e. The maximum Gasteiger partial charge on any atom is 0.295 e. The molecule has 2 rings (SSSR count). The van der Waals surface area contributed by atoms with Crippen molar-refractivity contribution in [1.29, 1.82) is 0 Å². The number of anilines is 1. The highest BCUT2D eigenvalue weighted by Gasteiger charge is 2.25. The third kappa shape index (κ3) is 3.83. The number of nitro groups is 1. The Morgan fingerprint density at radius 1 is 1.38 bits per heavy atom. The molecule has 1 aliphatic rings. The molecule has 2 N–H and O–H groups in total. The largest absolute Gasteiger partial charge is 0.396 e. The van der Waals surface area contributed by atoms with Gasteiger partial charge in [0.15, 0.2) is 0 Å². The molecule has 1 fully saturated rings. The van der Waals surface area contributed by atoms with E-state index in [2.05, 4.69) is 5.32 Å². The summed E-state index contributed by atoms with van der Waals surface area (Å²) in [6.07, 6.45) is 4.13. The quantitative estimate of drug-likeness (QED) is 0.643. The summed E-state index contributed by atoms with van der Waals surface area (Å²) in [4.78, 5) is 10.3. The summed E-state index contributed by atoms with van der Waals surface area (Å²) in [6.45, 7) is 0.632. The Morgan fingerprint density at radius 3 is 2.67 bits per heavy atom. The van der Waals surface area contributed by atoms with Gasteiger partial charge in [0, 0.05) is 13.2 Å². The average Bonchev–Trinajstić information content (AvgIpc) is 2.48. The molecule has 116 valence electrons. The third-order valence-corrected chi connectivity index (χ3v) is 4.38. The topological polar surface area (TPSA) is 75.4 Å². The molecule has 5 nitrogen and oxygen atoms in total. The molecule has 1 aliphatic carbocycles. The van der Waals surface area contributed by atoms with Gasteiger partial charge in [0.05, 0.1) is 16.0 Å². The zero-order valence-corrected chi connectivity index (χ0v) is 12.3. The molecule has 0 aromatic heterocycles. The predicted octanol–water partition coefficient (Wildman–Crippen LogP) is 3.60. The van der Waals surface area contributed by atoms with Gasteiger partial charge in [-0.25, -0.2) is 4.39 Å². The van der Waals surface area contributed by atoms with Gasteiger partial charge in [-0.15, -0.1) is 0 Å². The second-order valence-electron chi connectivity index (χ2n) is 5.41. The number of hydrogen-bond acceptors (Lipinski definition) is 4. The van der Waals surface area contributed by atoms with Crippen LogP contribution >= 0.6 is 11.6 Å². The van der Waals surface area contributed by atoms with Crippen LogP contribution < -0.4 is 5.32 Å². The molecule has 0 aliphatic heterocycles. The molecule has 1 saturated carbocycles. The Bertz CT molecular complexity index is 527. The lowest BCUT2D eigenvalue weighted by molar-refractivity contribution is -0.384. The van der Waals surface area contributed by atoms with E-state index >= 15 is 0 Å². The fourth-order valence-electron chi connectivity index (χ4n) is 2.86. The number of benzene rings is 1. The maximum atomic E-state index is 13.3. The van der Waals surface area contributed by atoms with Gasteiger partial charge in [-0.05, 0) is 30.7 Å². The number of nitrogens with one attached hydrogen (secondary N) is 1. The highest BCUT2D eigenvalue weighted by atomic mass is 35.5. The summed E-state index contributed by atoms with van der Waals surface area (Å²) in [5.74, 6) is -0.340. The van der Waals surface area contributed by atoms with Crippen molar-refractivity contribution in [2.75, 3.05) is 18.5 Å². The highest BCUT2D eigenvalue weighted by Crippen LogP contribution is 2.33. The first kappa shape index (κ1) is 16.0. The van der Waals surface area contributed by atoms with Gasteiger partial charge in [-0.3, -0.25) is 10.1 Å². The first-order valence-electron chi connectivity index (χ1n) is 7.01. The first-order chi connectivity index (χ1) is 10.0. The number of nitro benzene ring substituents is 1. The van der Waals surface area contributed by atoms with Gasteiger partial charge in [0.2, 0.25) is 0 Å². The Morgan fingerprint density at radius 2 is 2.05 bits per heavy atom. The van der Waals surface area contributed by atoms with Crippen LogP contribution in [0.15, 0.2) is 12.1 Å². The van der Waals surface area contributed by atoms with Crippen molar-refractivity contribution < 1.29 is 14.4 Å². The molecule has 0 saturated heterocycles. The second kappa shape index (κ2) is 7.04. The summed E-state index contributed by atoms with van der Waals surface area (Å²) in [5.41, 5.74) is -0.109. The van der Waals surface area contributed by atoms with Crippen molar-refractivity contribution in [2.45, 2.75) is 25.7 Å². The Balaban J connectivity index is 2.11. The lowest BCUT2D eigenvalue weighted by Crippen LogP contribution is -2.28. The molecular weight excluding hydrogens is 299 g/mol. The molecule has 0 heterocycles. The number of hydrogen-bond donors (Lipinski definition) is 2. The third-order valence-electron chi connectivity index (χ3n) is 4.09. The van der Waals surface area contributed by atoms with E-state index in [1.165, 1.54) is 6.07 Å². The minimum absolute atomic E-state index is 0.124. The van der Waals surface area contributed by atoms with E-state index < -0.39 is 10.7 Å². The van der Waals surface area contributed by atoms with Gasteiger partial charge in [-0.2, -0.15) is 0 Å². The minimum atomic E-state index is -0.806. The van der Waals surface area contributed by atoms with Crippen LogP contribution in [0.4, 0.5) is 15.8 Å². The van der Waals surface area contributed by atoms with E-state index in [0.717, 1.165) is 31.7 Å². The van der Waals surface area contributed by atoms with E-state index in [1.807, 2.05) is 0 Å². The SMILES string of the molecule is O=[N+]([O-])c1cc(F)c(Cl)cc1NCC1CCCCC1CO. The van der Waals surface area contributed by atoms with Crippen molar-refractivity contribution >= 4 is 23.0 Å². The van der Waals surface area contributed by atoms with Crippen molar-refractivity contribution in [3.05, 3.63) is 33.1 Å². The number of aliphatic hydroxyl groups excluding tert-OH is 1. The van der Waals surface area contributed by atoms with Crippen LogP contribution in [0, 0.1) is 27.8 Å². The Labute approximate surface area is 127 Å². The van der Waals surface area contributed by atoms with Gasteiger partial charge >= 0.3 is 0 Å². The van der Waals surface area contributed by atoms with Crippen LogP contribution in [-0.2, 0) is 0 Å². The zero-order chi connectivity index (χ0) is 15.4. The van der Waals surface area contributed by atoms with Crippen LogP contribution in [0.3, 0.4) is 0 Å². The number of rotatable bonds is 5. The van der Waals surface area contributed by atoms with Crippen LogP contribution in [0.5, 0.6) is 0 Å². The number of nitrogens with zero attached hydrogens (tertiary/aromatic N) is 1. The fourth-order valence-corrected chi connectivity index (χ4v) is 3.03. The van der Waals surface area contributed by atoms with Crippen molar-refractivity contribution in [3.63, 3.8) is 0 Å². The predicted molar refractivity (Wildman–Crippen MR) is 79.1 cm³/mol. The first-order valence-corrected chi connectivity index (χ1v) is 7.39. The summed E-state index contributed by atoms with van der Waals surface area (Å²) < 4.78 is 13.3. The van der Waals surface area contributed by atoms with Crippen LogP contribution in [0.1, 0.15) is 25.7 Å². The van der Waals surface area contributed by atoms with Crippen molar-refractivity contribution in [2.24, 2.45) is 11.8 Å². The van der Waals surface area contributed by atoms with E-state index in [-0.39, 0.29) is 34.8 Å². The summed E-state index contributed by atoms with van der Waals surface area (Å²) in [7, 11) is 0. The Kier molecular flexibility index (Phi) is 5.36.